The minimum atomic E-state index is -0.905. The summed E-state index contributed by atoms with van der Waals surface area (Å²) in [5.41, 5.74) is 4.72. The summed E-state index contributed by atoms with van der Waals surface area (Å²) in [4.78, 5) is 11.1. The van der Waals surface area contributed by atoms with Crippen molar-refractivity contribution in [1.82, 2.24) is 5.32 Å². The van der Waals surface area contributed by atoms with Crippen LogP contribution in [0.2, 0.25) is 0 Å². The van der Waals surface area contributed by atoms with Crippen LogP contribution in [0, 0.1) is 0 Å². The molecule has 0 radical (unpaired) electrons. The average molecular weight is 283 g/mol. The van der Waals surface area contributed by atoms with Crippen LogP contribution >= 0.6 is 0 Å². The highest BCUT2D eigenvalue weighted by molar-refractivity contribution is 5.89. The molecule has 2 N–H and O–H groups in total. The third kappa shape index (κ3) is 2.50. The number of carboxylic acid groups (broad SMARTS) is 1. The Balaban J connectivity index is 2.14. The van der Waals surface area contributed by atoms with Crippen molar-refractivity contribution in [2.75, 3.05) is 13.7 Å². The lowest BCUT2D eigenvalue weighted by Gasteiger charge is -2.23. The van der Waals surface area contributed by atoms with Crippen molar-refractivity contribution in [1.29, 1.82) is 0 Å². The largest absolute Gasteiger partial charge is 0.496 e. The number of nitrogens with one attached hydrogen (secondary N) is 1. The van der Waals surface area contributed by atoms with E-state index in [1.165, 1.54) is 11.1 Å². The van der Waals surface area contributed by atoms with Crippen molar-refractivity contribution < 1.29 is 14.6 Å². The Labute approximate surface area is 123 Å². The van der Waals surface area contributed by atoms with Crippen LogP contribution in [0.5, 0.6) is 5.75 Å². The van der Waals surface area contributed by atoms with E-state index >= 15 is 0 Å². The fraction of sp³-hybridized carbons (Fsp3) is 0.235. The molecule has 1 aliphatic rings. The SMILES string of the molecule is COc1ccc(-c2cccc(C(=O)O)c2)c2c1CCNC2. The van der Waals surface area contributed by atoms with Crippen LogP contribution in [-0.4, -0.2) is 24.7 Å². The molecule has 4 heteroatoms. The van der Waals surface area contributed by atoms with Crippen molar-refractivity contribution in [3.63, 3.8) is 0 Å². The number of fused-ring (bicyclic) bond motifs is 1. The van der Waals surface area contributed by atoms with E-state index in [1.807, 2.05) is 18.2 Å². The highest BCUT2D eigenvalue weighted by atomic mass is 16.5. The number of hydrogen-bond donors (Lipinski definition) is 2. The molecule has 2 aromatic rings. The number of hydrogen-bond acceptors (Lipinski definition) is 3. The first-order chi connectivity index (χ1) is 10.2. The third-order valence-electron chi connectivity index (χ3n) is 3.88. The van der Waals surface area contributed by atoms with Crippen LogP contribution in [0.3, 0.4) is 0 Å². The van der Waals surface area contributed by atoms with Gasteiger partial charge in [-0.2, -0.15) is 0 Å². The van der Waals surface area contributed by atoms with Gasteiger partial charge in [-0.15, -0.1) is 0 Å². The first-order valence-corrected chi connectivity index (χ1v) is 6.94. The number of carboxylic acids is 1. The van der Waals surface area contributed by atoms with E-state index in [1.54, 1.807) is 25.3 Å². The van der Waals surface area contributed by atoms with Gasteiger partial charge in [0.1, 0.15) is 5.75 Å². The minimum absolute atomic E-state index is 0.306. The maximum absolute atomic E-state index is 11.1. The molecule has 0 fully saturated rings. The fourth-order valence-electron chi connectivity index (χ4n) is 2.86. The predicted molar refractivity (Wildman–Crippen MR) is 80.8 cm³/mol. The van der Waals surface area contributed by atoms with Crippen LogP contribution < -0.4 is 10.1 Å². The fourth-order valence-corrected chi connectivity index (χ4v) is 2.86. The second-order valence-corrected chi connectivity index (χ2v) is 5.09. The van der Waals surface area contributed by atoms with Gasteiger partial charge < -0.3 is 15.2 Å². The van der Waals surface area contributed by atoms with Gasteiger partial charge in [0.15, 0.2) is 0 Å². The summed E-state index contributed by atoms with van der Waals surface area (Å²) >= 11 is 0. The summed E-state index contributed by atoms with van der Waals surface area (Å²) in [5, 5.41) is 12.5. The van der Waals surface area contributed by atoms with Gasteiger partial charge in [-0.3, -0.25) is 0 Å². The molecular formula is C17H17NO3. The van der Waals surface area contributed by atoms with Crippen LogP contribution in [0.4, 0.5) is 0 Å². The molecule has 0 aliphatic carbocycles. The van der Waals surface area contributed by atoms with E-state index in [2.05, 4.69) is 5.32 Å². The van der Waals surface area contributed by atoms with E-state index < -0.39 is 5.97 Å². The number of aromatic carboxylic acids is 1. The van der Waals surface area contributed by atoms with Crippen molar-refractivity contribution in [2.45, 2.75) is 13.0 Å². The molecule has 21 heavy (non-hydrogen) atoms. The Bertz CT molecular complexity index is 694. The monoisotopic (exact) mass is 283 g/mol. The quantitative estimate of drug-likeness (QED) is 0.909. The summed E-state index contributed by atoms with van der Waals surface area (Å²) in [6.45, 7) is 1.71. The molecule has 0 bridgehead atoms. The Morgan fingerprint density at radius 2 is 2.10 bits per heavy atom. The van der Waals surface area contributed by atoms with Gasteiger partial charge >= 0.3 is 5.97 Å². The van der Waals surface area contributed by atoms with Gasteiger partial charge in [0.05, 0.1) is 12.7 Å². The van der Waals surface area contributed by atoms with Gasteiger partial charge in [-0.25, -0.2) is 4.79 Å². The molecule has 0 atom stereocenters. The highest BCUT2D eigenvalue weighted by Crippen LogP contribution is 2.34. The second kappa shape index (κ2) is 5.58. The minimum Gasteiger partial charge on any atom is -0.496 e. The molecule has 0 saturated carbocycles. The second-order valence-electron chi connectivity index (χ2n) is 5.09. The molecule has 108 valence electrons. The molecule has 4 nitrogen and oxygen atoms in total. The molecule has 0 spiro atoms. The lowest BCUT2D eigenvalue weighted by Crippen LogP contribution is -2.24. The summed E-state index contributed by atoms with van der Waals surface area (Å²) in [5.74, 6) is 0.00185. The molecule has 2 aromatic carbocycles. The summed E-state index contributed by atoms with van der Waals surface area (Å²) < 4.78 is 5.44. The molecule has 0 aromatic heterocycles. The first kappa shape index (κ1) is 13.6. The maximum Gasteiger partial charge on any atom is 0.335 e. The standard InChI is InChI=1S/C17H17NO3/c1-21-16-6-5-13(15-10-18-8-7-14(15)16)11-3-2-4-12(9-11)17(19)20/h2-6,9,18H,7-8,10H2,1H3,(H,19,20). The maximum atomic E-state index is 11.1. The summed E-state index contributed by atoms with van der Waals surface area (Å²) in [6.07, 6.45) is 0.922. The Morgan fingerprint density at radius 3 is 2.86 bits per heavy atom. The van der Waals surface area contributed by atoms with Crippen LogP contribution in [0.1, 0.15) is 21.5 Å². The van der Waals surface area contributed by atoms with Gasteiger partial charge in [-0.1, -0.05) is 18.2 Å². The first-order valence-electron chi connectivity index (χ1n) is 6.94. The van der Waals surface area contributed by atoms with Crippen LogP contribution in [-0.2, 0) is 13.0 Å². The lowest BCUT2D eigenvalue weighted by molar-refractivity contribution is 0.0697. The zero-order valence-corrected chi connectivity index (χ0v) is 11.8. The van der Waals surface area contributed by atoms with Crippen molar-refractivity contribution in [3.05, 3.63) is 53.1 Å². The van der Waals surface area contributed by atoms with E-state index in [0.717, 1.165) is 36.4 Å². The van der Waals surface area contributed by atoms with E-state index in [9.17, 15) is 4.79 Å². The molecule has 0 amide bonds. The molecule has 0 saturated heterocycles. The average Bonchev–Trinajstić information content (AvgIpc) is 2.54. The number of carbonyl (C=O) groups is 1. The zero-order chi connectivity index (χ0) is 14.8. The molecule has 1 aliphatic heterocycles. The van der Waals surface area contributed by atoms with E-state index in [4.69, 9.17) is 9.84 Å². The van der Waals surface area contributed by atoms with Crippen molar-refractivity contribution >= 4 is 5.97 Å². The zero-order valence-electron chi connectivity index (χ0n) is 11.8. The Hall–Kier alpha value is -2.33. The summed E-state index contributed by atoms with van der Waals surface area (Å²) in [6, 6.07) is 11.0. The van der Waals surface area contributed by atoms with Gasteiger partial charge in [0.25, 0.3) is 0 Å². The number of rotatable bonds is 3. The topological polar surface area (TPSA) is 58.6 Å². The normalized spacial score (nSPS) is 13.6. The molecule has 0 unspecified atom stereocenters. The van der Waals surface area contributed by atoms with Gasteiger partial charge in [0.2, 0.25) is 0 Å². The lowest BCUT2D eigenvalue weighted by atomic mass is 9.90. The molecule has 3 rings (SSSR count). The van der Waals surface area contributed by atoms with Crippen molar-refractivity contribution in [3.8, 4) is 16.9 Å². The molecule has 1 heterocycles. The van der Waals surface area contributed by atoms with Gasteiger partial charge in [0, 0.05) is 12.1 Å². The van der Waals surface area contributed by atoms with E-state index in [0.29, 0.717) is 5.56 Å². The van der Waals surface area contributed by atoms with E-state index in [-0.39, 0.29) is 0 Å². The number of benzene rings is 2. The van der Waals surface area contributed by atoms with Crippen LogP contribution in [0.15, 0.2) is 36.4 Å². The van der Waals surface area contributed by atoms with Crippen LogP contribution in [0.25, 0.3) is 11.1 Å². The Morgan fingerprint density at radius 1 is 1.24 bits per heavy atom. The number of methoxy groups -OCH3 is 1. The Kier molecular flexibility index (Phi) is 3.62. The highest BCUT2D eigenvalue weighted by Gasteiger charge is 2.18. The third-order valence-corrected chi connectivity index (χ3v) is 3.88. The molecular weight excluding hydrogens is 266 g/mol. The predicted octanol–water partition coefficient (Wildman–Crippen LogP) is 2.71. The van der Waals surface area contributed by atoms with Gasteiger partial charge in [-0.05, 0) is 47.9 Å². The number of ether oxygens (including phenoxy) is 1. The summed E-state index contributed by atoms with van der Waals surface area (Å²) in [7, 11) is 1.68. The smallest absolute Gasteiger partial charge is 0.335 e. The van der Waals surface area contributed by atoms with Crippen molar-refractivity contribution in [2.24, 2.45) is 0 Å².